The van der Waals surface area contributed by atoms with Crippen molar-refractivity contribution < 1.29 is 9.59 Å². The van der Waals surface area contributed by atoms with Gasteiger partial charge in [-0.1, -0.05) is 27.7 Å². The molecule has 0 radical (unpaired) electrons. The number of rotatable bonds is 4. The molecular formula is C15H13BrN4O2S2. The minimum Gasteiger partial charge on any atom is -0.326 e. The zero-order chi connectivity index (χ0) is 17.1. The first-order valence-electron chi connectivity index (χ1n) is 7.01. The van der Waals surface area contributed by atoms with Crippen molar-refractivity contribution in [1.82, 2.24) is 9.88 Å². The van der Waals surface area contributed by atoms with E-state index in [1.54, 1.807) is 25.4 Å². The van der Waals surface area contributed by atoms with E-state index in [1.165, 1.54) is 28.0 Å². The fraction of sp³-hybridized carbons (Fsp3) is 0.200. The van der Waals surface area contributed by atoms with Crippen LogP contribution < -0.4 is 5.32 Å². The zero-order valence-electron chi connectivity index (χ0n) is 12.6. The molecule has 1 unspecified atom stereocenters. The van der Waals surface area contributed by atoms with Crippen LogP contribution in [0.15, 0.2) is 45.3 Å². The van der Waals surface area contributed by atoms with Gasteiger partial charge >= 0.3 is 0 Å². The number of carbonyl (C=O) groups is 2. The van der Waals surface area contributed by atoms with Crippen LogP contribution in [0.1, 0.15) is 6.42 Å². The number of hydrogen-bond acceptors (Lipinski definition) is 6. The highest BCUT2D eigenvalue weighted by atomic mass is 79.9. The van der Waals surface area contributed by atoms with Gasteiger partial charge in [-0.25, -0.2) is 4.98 Å². The van der Waals surface area contributed by atoms with Gasteiger partial charge < -0.3 is 5.32 Å². The summed E-state index contributed by atoms with van der Waals surface area (Å²) in [5.41, 5.74) is 0.698. The molecule has 1 atom stereocenters. The van der Waals surface area contributed by atoms with Crippen LogP contribution in [0.5, 0.6) is 0 Å². The van der Waals surface area contributed by atoms with E-state index in [4.69, 9.17) is 0 Å². The van der Waals surface area contributed by atoms with Gasteiger partial charge in [-0.2, -0.15) is 4.99 Å². The molecule has 1 aliphatic rings. The van der Waals surface area contributed by atoms with Crippen LogP contribution in [0.2, 0.25) is 0 Å². The fourth-order valence-electron chi connectivity index (χ4n) is 2.06. The lowest BCUT2D eigenvalue weighted by atomic mass is 10.2. The molecule has 0 aliphatic carbocycles. The third kappa shape index (κ3) is 4.03. The van der Waals surface area contributed by atoms with E-state index in [2.05, 4.69) is 31.2 Å². The van der Waals surface area contributed by atoms with Crippen LogP contribution in [0.4, 0.5) is 10.8 Å². The first kappa shape index (κ1) is 17.1. The number of aromatic nitrogens is 1. The Kier molecular flexibility index (Phi) is 5.32. The van der Waals surface area contributed by atoms with Crippen LogP contribution in [-0.2, 0) is 9.59 Å². The Labute approximate surface area is 155 Å². The molecule has 1 fully saturated rings. The number of aliphatic imine (C=N–C) groups is 1. The van der Waals surface area contributed by atoms with Crippen LogP contribution in [0, 0.1) is 0 Å². The number of amides is 2. The predicted molar refractivity (Wildman–Crippen MR) is 101 cm³/mol. The van der Waals surface area contributed by atoms with Gasteiger partial charge in [-0.05, 0) is 24.3 Å². The van der Waals surface area contributed by atoms with Crippen LogP contribution in [0.3, 0.4) is 0 Å². The topological polar surface area (TPSA) is 74.7 Å². The lowest BCUT2D eigenvalue weighted by Crippen LogP contribution is -2.30. The lowest BCUT2D eigenvalue weighted by Gasteiger charge is -2.09. The molecule has 1 N–H and O–H groups in total. The SMILES string of the molecule is CN1C(=O)C(CC(=O)Nc2ccc(Br)cc2)SC1=Nc1nccs1. The number of nitrogens with one attached hydrogen (secondary N) is 1. The number of amidine groups is 1. The first-order valence-corrected chi connectivity index (χ1v) is 9.56. The number of thioether (sulfide) groups is 1. The number of anilines is 1. The molecule has 0 saturated carbocycles. The molecule has 6 nitrogen and oxygen atoms in total. The maximum Gasteiger partial charge on any atom is 0.242 e. The van der Waals surface area contributed by atoms with Gasteiger partial charge in [0.2, 0.25) is 16.9 Å². The van der Waals surface area contributed by atoms with Crippen molar-refractivity contribution in [2.24, 2.45) is 4.99 Å². The highest BCUT2D eigenvalue weighted by Gasteiger charge is 2.37. The van der Waals surface area contributed by atoms with Crippen molar-refractivity contribution in [1.29, 1.82) is 0 Å². The maximum atomic E-state index is 12.3. The summed E-state index contributed by atoms with van der Waals surface area (Å²) in [6.07, 6.45) is 1.76. The fourth-order valence-corrected chi connectivity index (χ4v) is 4.03. The Balaban J connectivity index is 1.63. The molecule has 2 heterocycles. The summed E-state index contributed by atoms with van der Waals surface area (Å²) < 4.78 is 0.937. The average Bonchev–Trinajstić information content (AvgIpc) is 3.15. The largest absolute Gasteiger partial charge is 0.326 e. The number of hydrogen-bond donors (Lipinski definition) is 1. The zero-order valence-corrected chi connectivity index (χ0v) is 15.8. The van der Waals surface area contributed by atoms with Crippen LogP contribution >= 0.6 is 39.0 Å². The third-order valence-corrected chi connectivity index (χ3v) is 5.67. The molecule has 2 amide bonds. The second-order valence-electron chi connectivity index (χ2n) is 4.97. The van der Waals surface area contributed by atoms with E-state index in [1.807, 2.05) is 17.5 Å². The number of halogens is 1. The second-order valence-corrected chi connectivity index (χ2v) is 7.93. The second kappa shape index (κ2) is 7.45. The normalized spacial score (nSPS) is 19.1. The molecule has 0 bridgehead atoms. The van der Waals surface area contributed by atoms with Crippen molar-refractivity contribution in [2.75, 3.05) is 12.4 Å². The van der Waals surface area contributed by atoms with E-state index < -0.39 is 5.25 Å². The average molecular weight is 425 g/mol. The smallest absolute Gasteiger partial charge is 0.242 e. The predicted octanol–water partition coefficient (Wildman–Crippen LogP) is 3.50. The monoisotopic (exact) mass is 424 g/mol. The summed E-state index contributed by atoms with van der Waals surface area (Å²) in [7, 11) is 1.66. The molecule has 1 aromatic heterocycles. The lowest BCUT2D eigenvalue weighted by molar-refractivity contribution is -0.127. The summed E-state index contributed by atoms with van der Waals surface area (Å²) in [4.78, 5) is 34.4. The third-order valence-electron chi connectivity index (χ3n) is 3.25. The van der Waals surface area contributed by atoms with Crippen molar-refractivity contribution in [3.8, 4) is 0 Å². The summed E-state index contributed by atoms with van der Waals surface area (Å²) in [5, 5.41) is 5.31. The molecule has 1 aliphatic heterocycles. The Morgan fingerprint density at radius 3 is 2.83 bits per heavy atom. The Hall–Kier alpha value is -1.71. The van der Waals surface area contributed by atoms with Crippen LogP contribution in [-0.4, -0.2) is 39.2 Å². The number of benzene rings is 1. The summed E-state index contributed by atoms with van der Waals surface area (Å²) in [6.45, 7) is 0. The molecule has 0 spiro atoms. The highest BCUT2D eigenvalue weighted by Crippen LogP contribution is 2.31. The Morgan fingerprint density at radius 1 is 1.42 bits per heavy atom. The first-order chi connectivity index (χ1) is 11.5. The van der Waals surface area contributed by atoms with Gasteiger partial charge in [-0.15, -0.1) is 11.3 Å². The van der Waals surface area contributed by atoms with E-state index in [9.17, 15) is 9.59 Å². The van der Waals surface area contributed by atoms with Crippen LogP contribution in [0.25, 0.3) is 0 Å². The van der Waals surface area contributed by atoms with Gasteiger partial charge in [0.15, 0.2) is 5.17 Å². The molecule has 3 rings (SSSR count). The number of nitrogens with zero attached hydrogens (tertiary/aromatic N) is 3. The van der Waals surface area contributed by atoms with Crippen molar-refractivity contribution in [2.45, 2.75) is 11.7 Å². The molecular weight excluding hydrogens is 412 g/mol. The van der Waals surface area contributed by atoms with Gasteiger partial charge in [0.1, 0.15) is 5.25 Å². The molecule has 24 heavy (non-hydrogen) atoms. The number of thiazole rings is 1. The highest BCUT2D eigenvalue weighted by molar-refractivity contribution is 9.10. The van der Waals surface area contributed by atoms with Gasteiger partial charge in [0, 0.05) is 35.2 Å². The minimum absolute atomic E-state index is 0.0980. The quantitative estimate of drug-likeness (QED) is 0.814. The van der Waals surface area contributed by atoms with Crippen molar-refractivity contribution in [3.05, 3.63) is 40.3 Å². The summed E-state index contributed by atoms with van der Waals surface area (Å²) in [6, 6.07) is 7.29. The van der Waals surface area contributed by atoms with Crippen molar-refractivity contribution in [3.63, 3.8) is 0 Å². The van der Waals surface area contributed by atoms with E-state index in [0.29, 0.717) is 16.0 Å². The van der Waals surface area contributed by atoms with E-state index in [-0.39, 0.29) is 18.2 Å². The molecule has 2 aromatic rings. The van der Waals surface area contributed by atoms with Gasteiger partial charge in [-0.3, -0.25) is 14.5 Å². The molecule has 124 valence electrons. The maximum absolute atomic E-state index is 12.3. The van der Waals surface area contributed by atoms with Gasteiger partial charge in [0.05, 0.1) is 0 Å². The summed E-state index contributed by atoms with van der Waals surface area (Å²) in [5.74, 6) is -0.326. The summed E-state index contributed by atoms with van der Waals surface area (Å²) >= 11 is 6.03. The molecule has 9 heteroatoms. The Morgan fingerprint density at radius 2 is 2.17 bits per heavy atom. The molecule has 1 saturated heterocycles. The minimum atomic E-state index is -0.468. The Bertz CT molecular complexity index is 777. The van der Waals surface area contributed by atoms with E-state index in [0.717, 1.165) is 4.47 Å². The number of carbonyl (C=O) groups excluding carboxylic acids is 2. The van der Waals surface area contributed by atoms with Crippen molar-refractivity contribution >= 4 is 66.8 Å². The molecule has 1 aromatic carbocycles. The van der Waals surface area contributed by atoms with Gasteiger partial charge in [0.25, 0.3) is 0 Å². The van der Waals surface area contributed by atoms with E-state index >= 15 is 0 Å². The standard InChI is InChI=1S/C15H13BrN4O2S2/c1-20-13(22)11(24-15(20)19-14-17-6-7-23-14)8-12(21)18-10-4-2-9(16)3-5-10/h2-7,11H,8H2,1H3,(H,18,21).